The Hall–Kier alpha value is -1.55. The van der Waals surface area contributed by atoms with Gasteiger partial charge in [0.05, 0.1) is 18.1 Å². The van der Waals surface area contributed by atoms with Gasteiger partial charge >= 0.3 is 0 Å². The lowest BCUT2D eigenvalue weighted by Crippen LogP contribution is -2.51. The predicted molar refractivity (Wildman–Crippen MR) is 93.6 cm³/mol. The number of halogens is 1. The molecule has 0 aromatic heterocycles. The number of hydrogen-bond acceptors (Lipinski definition) is 5. The summed E-state index contributed by atoms with van der Waals surface area (Å²) in [5, 5.41) is 0. The summed E-state index contributed by atoms with van der Waals surface area (Å²) in [5.41, 5.74) is 0. The Morgan fingerprint density at radius 1 is 1.00 bits per heavy atom. The molecule has 0 saturated carbocycles. The first kappa shape index (κ1) is 19.2. The monoisotopic (exact) mass is 385 g/mol. The molecule has 2 aliphatic rings. The van der Waals surface area contributed by atoms with Crippen LogP contribution in [0.3, 0.4) is 0 Å². The van der Waals surface area contributed by atoms with Gasteiger partial charge in [-0.3, -0.25) is 9.69 Å². The van der Waals surface area contributed by atoms with Crippen molar-refractivity contribution in [1.82, 2.24) is 14.1 Å². The number of carbonyl (C=O) groups is 1. The van der Waals surface area contributed by atoms with Crippen molar-refractivity contribution in [3.8, 4) is 0 Å². The van der Waals surface area contributed by atoms with Crippen LogP contribution in [-0.2, 0) is 19.6 Å². The number of piperazine rings is 1. The van der Waals surface area contributed by atoms with Crippen LogP contribution in [0.4, 0.5) is 4.39 Å². The first-order valence-electron chi connectivity index (χ1n) is 8.80. The smallest absolute Gasteiger partial charge is 0.243 e. The Bertz CT molecular complexity index is 712. The second kappa shape index (κ2) is 8.43. The maximum atomic E-state index is 13.0. The number of benzene rings is 1. The van der Waals surface area contributed by atoms with Gasteiger partial charge in [0.1, 0.15) is 5.82 Å². The zero-order valence-electron chi connectivity index (χ0n) is 14.6. The fourth-order valence-corrected chi connectivity index (χ4v) is 4.59. The summed E-state index contributed by atoms with van der Waals surface area (Å²) >= 11 is 0. The lowest BCUT2D eigenvalue weighted by atomic mass is 10.3. The Labute approximate surface area is 153 Å². The zero-order chi connectivity index (χ0) is 18.6. The van der Waals surface area contributed by atoms with Gasteiger partial charge in [0.25, 0.3) is 0 Å². The first-order chi connectivity index (χ1) is 12.5. The molecule has 0 spiro atoms. The van der Waals surface area contributed by atoms with Crippen LogP contribution >= 0.6 is 0 Å². The largest absolute Gasteiger partial charge is 0.379 e. The van der Waals surface area contributed by atoms with Gasteiger partial charge in [-0.2, -0.15) is 4.31 Å². The molecule has 9 heteroatoms. The van der Waals surface area contributed by atoms with Crippen molar-refractivity contribution in [2.45, 2.75) is 11.3 Å². The zero-order valence-corrected chi connectivity index (χ0v) is 15.5. The van der Waals surface area contributed by atoms with Crippen LogP contribution in [-0.4, -0.2) is 87.5 Å². The van der Waals surface area contributed by atoms with Crippen molar-refractivity contribution in [3.63, 3.8) is 0 Å². The van der Waals surface area contributed by atoms with Gasteiger partial charge < -0.3 is 9.64 Å². The van der Waals surface area contributed by atoms with Gasteiger partial charge in [0.2, 0.25) is 15.9 Å². The molecule has 3 rings (SSSR count). The minimum atomic E-state index is -3.65. The topological polar surface area (TPSA) is 70.2 Å². The summed E-state index contributed by atoms with van der Waals surface area (Å²) in [4.78, 5) is 16.4. The van der Waals surface area contributed by atoms with E-state index < -0.39 is 15.8 Å². The Kier molecular flexibility index (Phi) is 6.23. The highest BCUT2D eigenvalue weighted by Crippen LogP contribution is 2.18. The molecule has 0 atom stereocenters. The highest BCUT2D eigenvalue weighted by molar-refractivity contribution is 7.89. The number of morpholine rings is 1. The van der Waals surface area contributed by atoms with Crippen LogP contribution in [0.1, 0.15) is 6.42 Å². The summed E-state index contributed by atoms with van der Waals surface area (Å²) in [5.74, 6) is -0.421. The second-order valence-electron chi connectivity index (χ2n) is 6.44. The number of amides is 1. The van der Waals surface area contributed by atoms with Crippen molar-refractivity contribution < 1.29 is 22.3 Å². The average Bonchev–Trinajstić information content (AvgIpc) is 2.67. The molecule has 2 saturated heterocycles. The van der Waals surface area contributed by atoms with Crippen molar-refractivity contribution >= 4 is 15.9 Å². The third-order valence-electron chi connectivity index (χ3n) is 4.79. The SMILES string of the molecule is O=C(CCN1CCOCC1)N1CCN(S(=O)(=O)c2ccc(F)cc2)CC1. The van der Waals surface area contributed by atoms with Crippen molar-refractivity contribution in [2.75, 3.05) is 59.0 Å². The molecule has 2 fully saturated rings. The molecule has 144 valence electrons. The van der Waals surface area contributed by atoms with Gasteiger partial charge in [0, 0.05) is 52.2 Å². The number of sulfonamides is 1. The molecular formula is C17H24FN3O4S. The minimum Gasteiger partial charge on any atom is -0.379 e. The predicted octanol–water partition coefficient (Wildman–Crippen LogP) is 0.381. The van der Waals surface area contributed by atoms with E-state index in [2.05, 4.69) is 4.90 Å². The highest BCUT2D eigenvalue weighted by atomic mass is 32.2. The van der Waals surface area contributed by atoms with Crippen LogP contribution in [0, 0.1) is 5.82 Å². The summed E-state index contributed by atoms with van der Waals surface area (Å²) < 4.78 is 44.8. The summed E-state index contributed by atoms with van der Waals surface area (Å²) in [6, 6.07) is 4.81. The standard InChI is InChI=1S/C17H24FN3O4S/c18-15-1-3-16(4-2-15)26(23,24)21-9-7-20(8-10-21)17(22)5-6-19-11-13-25-14-12-19/h1-4H,5-14H2. The van der Waals surface area contributed by atoms with Crippen molar-refractivity contribution in [2.24, 2.45) is 0 Å². The van der Waals surface area contributed by atoms with Crippen molar-refractivity contribution in [1.29, 1.82) is 0 Å². The Morgan fingerprint density at radius 2 is 1.62 bits per heavy atom. The average molecular weight is 385 g/mol. The van der Waals surface area contributed by atoms with E-state index in [4.69, 9.17) is 4.74 Å². The molecule has 0 unspecified atom stereocenters. The van der Waals surface area contributed by atoms with E-state index in [1.54, 1.807) is 4.90 Å². The number of carbonyl (C=O) groups excluding carboxylic acids is 1. The van der Waals surface area contributed by atoms with E-state index in [9.17, 15) is 17.6 Å². The normalized spacial score (nSPS) is 20.3. The summed E-state index contributed by atoms with van der Waals surface area (Å²) in [6.07, 6.45) is 0.435. The van der Waals surface area contributed by atoms with Gasteiger partial charge in [-0.1, -0.05) is 0 Å². The molecular weight excluding hydrogens is 361 g/mol. The number of ether oxygens (including phenoxy) is 1. The second-order valence-corrected chi connectivity index (χ2v) is 8.38. The molecule has 1 amide bonds. The molecule has 0 radical (unpaired) electrons. The first-order valence-corrected chi connectivity index (χ1v) is 10.2. The van der Waals surface area contributed by atoms with Crippen LogP contribution in [0.2, 0.25) is 0 Å². The Morgan fingerprint density at radius 3 is 2.23 bits per heavy atom. The van der Waals surface area contributed by atoms with Gasteiger partial charge in [-0.15, -0.1) is 0 Å². The fourth-order valence-electron chi connectivity index (χ4n) is 3.17. The maximum Gasteiger partial charge on any atom is 0.243 e. The van der Waals surface area contributed by atoms with Crippen molar-refractivity contribution in [3.05, 3.63) is 30.1 Å². The van der Waals surface area contributed by atoms with Crippen LogP contribution in [0.25, 0.3) is 0 Å². The molecule has 0 bridgehead atoms. The summed E-state index contributed by atoms with van der Waals surface area (Å²) in [6.45, 7) is 5.06. The lowest BCUT2D eigenvalue weighted by Gasteiger charge is -2.34. The molecule has 0 aliphatic carbocycles. The molecule has 2 heterocycles. The number of hydrogen-bond donors (Lipinski definition) is 0. The van der Waals surface area contributed by atoms with Crippen LogP contribution in [0.5, 0.6) is 0 Å². The molecule has 0 N–H and O–H groups in total. The molecule has 1 aromatic carbocycles. The Balaban J connectivity index is 1.50. The molecule has 26 heavy (non-hydrogen) atoms. The van der Waals surface area contributed by atoms with Gasteiger partial charge in [-0.25, -0.2) is 12.8 Å². The quantitative estimate of drug-likeness (QED) is 0.733. The minimum absolute atomic E-state index is 0.0512. The van der Waals surface area contributed by atoms with Crippen LogP contribution < -0.4 is 0 Å². The third-order valence-corrected chi connectivity index (χ3v) is 6.70. The van der Waals surface area contributed by atoms with Gasteiger partial charge in [0.15, 0.2) is 0 Å². The number of rotatable bonds is 5. The molecule has 7 nitrogen and oxygen atoms in total. The van der Waals surface area contributed by atoms with E-state index in [1.807, 2.05) is 0 Å². The molecule has 1 aromatic rings. The maximum absolute atomic E-state index is 13.0. The number of nitrogens with zero attached hydrogens (tertiary/aromatic N) is 3. The molecule has 2 aliphatic heterocycles. The van der Waals surface area contributed by atoms with E-state index in [0.717, 1.165) is 25.2 Å². The van der Waals surface area contributed by atoms with E-state index in [1.165, 1.54) is 16.4 Å². The van der Waals surface area contributed by atoms with Crippen LogP contribution in [0.15, 0.2) is 29.2 Å². The highest BCUT2D eigenvalue weighted by Gasteiger charge is 2.30. The van der Waals surface area contributed by atoms with E-state index >= 15 is 0 Å². The van der Waals surface area contributed by atoms with Gasteiger partial charge in [-0.05, 0) is 24.3 Å². The third kappa shape index (κ3) is 4.59. The lowest BCUT2D eigenvalue weighted by molar-refractivity contribution is -0.133. The summed E-state index contributed by atoms with van der Waals surface area (Å²) in [7, 11) is -3.65. The van der Waals surface area contributed by atoms with E-state index in [0.29, 0.717) is 39.3 Å². The fraction of sp³-hybridized carbons (Fsp3) is 0.588. The van der Waals surface area contributed by atoms with E-state index in [-0.39, 0.29) is 23.9 Å².